The van der Waals surface area contributed by atoms with Crippen LogP contribution in [0.1, 0.15) is 5.82 Å². The summed E-state index contributed by atoms with van der Waals surface area (Å²) in [6.45, 7) is 0.230. The number of β-lactam (4-membered cyclic amide) rings is 1. The second kappa shape index (κ2) is 9.86. The molecule has 0 spiro atoms. The number of nitrogens with one attached hydrogen (secondary N) is 1. The van der Waals surface area contributed by atoms with E-state index in [-0.39, 0.29) is 33.6 Å². The zero-order chi connectivity index (χ0) is 24.7. The van der Waals surface area contributed by atoms with Gasteiger partial charge in [-0.15, -0.1) is 16.3 Å². The molecule has 0 saturated carbocycles. The number of hydrogen-bond donors (Lipinski definition) is 2. The standard InChI is InChI=1S/C19H17N9O5S2.FH/c1-33-24-11(14-23-19(20)35-25-14)15(29)22-12-16(30)28-13(18(31)32)9(8-34-17(12)28)7-26-5-6-27-10(26)3-2-4-21-27;/h2-6,12,17H,7-8H2,1H3,(H3-,20,22,23,25,29,31,32);1H/b24-11-;/t12-,17-;/m1./s1. The fraction of sp³-hybridized carbons (Fsp3) is 0.263. The van der Waals surface area contributed by atoms with Crippen LogP contribution in [-0.2, 0) is 25.8 Å². The van der Waals surface area contributed by atoms with Crippen LogP contribution < -0.4 is 20.7 Å². The number of anilines is 1. The van der Waals surface area contributed by atoms with E-state index in [0.29, 0.717) is 11.3 Å². The van der Waals surface area contributed by atoms with Crippen LogP contribution >= 0.6 is 23.3 Å². The number of carbonyl (C=O) groups excluding carboxylic acids is 3. The number of amides is 2. The Morgan fingerprint density at radius 3 is 2.94 bits per heavy atom. The molecule has 3 N–H and O–H groups in total. The van der Waals surface area contributed by atoms with Gasteiger partial charge in [-0.05, 0) is 6.07 Å². The Morgan fingerprint density at radius 2 is 2.25 bits per heavy atom. The van der Waals surface area contributed by atoms with Crippen molar-refractivity contribution < 1.29 is 33.6 Å². The Bertz CT molecular complexity index is 1420. The molecule has 2 atom stereocenters. The van der Waals surface area contributed by atoms with E-state index in [0.717, 1.165) is 22.1 Å². The van der Waals surface area contributed by atoms with Crippen molar-refractivity contribution in [3.63, 3.8) is 0 Å². The molecule has 17 heteroatoms. The summed E-state index contributed by atoms with van der Waals surface area (Å²) in [7, 11) is 1.25. The monoisotopic (exact) mass is 535 g/mol. The van der Waals surface area contributed by atoms with Gasteiger partial charge in [0.05, 0.1) is 17.9 Å². The number of carboxylic acid groups (broad SMARTS) is 1. The van der Waals surface area contributed by atoms with Crippen LogP contribution in [0.2, 0.25) is 0 Å². The minimum absolute atomic E-state index is 0. The maximum atomic E-state index is 13.0. The van der Waals surface area contributed by atoms with E-state index in [4.69, 9.17) is 10.6 Å². The average molecular weight is 536 g/mol. The molecule has 0 radical (unpaired) electrons. The van der Waals surface area contributed by atoms with E-state index in [9.17, 15) is 19.5 Å². The van der Waals surface area contributed by atoms with Crippen molar-refractivity contribution >= 4 is 57.6 Å². The van der Waals surface area contributed by atoms with Gasteiger partial charge in [-0.1, -0.05) is 10.3 Å². The number of rotatable bonds is 7. The van der Waals surface area contributed by atoms with Crippen LogP contribution in [0.3, 0.4) is 0 Å². The fourth-order valence-electron chi connectivity index (χ4n) is 3.89. The number of imidazole rings is 1. The number of nitrogens with two attached hydrogens (primary N) is 1. The highest BCUT2D eigenvalue weighted by atomic mass is 32.2. The quantitative estimate of drug-likeness (QED) is 0.144. The summed E-state index contributed by atoms with van der Waals surface area (Å²) in [6, 6.07) is 2.64. The number of nitrogens with zero attached hydrogens (tertiary/aromatic N) is 7. The fourth-order valence-corrected chi connectivity index (χ4v) is 5.66. The molecule has 3 aromatic heterocycles. The van der Waals surface area contributed by atoms with Crippen LogP contribution in [0.4, 0.5) is 9.84 Å². The highest BCUT2D eigenvalue weighted by Crippen LogP contribution is 2.40. The number of aromatic nitrogens is 5. The Morgan fingerprint density at radius 1 is 1.44 bits per heavy atom. The summed E-state index contributed by atoms with van der Waals surface area (Å²) in [5.41, 5.74) is 6.39. The Labute approximate surface area is 210 Å². The number of carbonyl (C=O) groups is 3. The van der Waals surface area contributed by atoms with Gasteiger partial charge in [0.2, 0.25) is 11.5 Å². The van der Waals surface area contributed by atoms with Gasteiger partial charge in [0.15, 0.2) is 11.3 Å². The maximum absolute atomic E-state index is 13.0. The third-order valence-corrected chi connectivity index (χ3v) is 7.26. The summed E-state index contributed by atoms with van der Waals surface area (Å²) in [6.07, 6.45) is 5.16. The lowest BCUT2D eigenvalue weighted by Gasteiger charge is -2.50. The average Bonchev–Trinajstić information content (AvgIpc) is 3.46. The number of thioether (sulfide) groups is 1. The van der Waals surface area contributed by atoms with Gasteiger partial charge < -0.3 is 25.8 Å². The van der Waals surface area contributed by atoms with Gasteiger partial charge in [-0.2, -0.15) is 9.36 Å². The van der Waals surface area contributed by atoms with Crippen molar-refractivity contribution in [3.05, 3.63) is 47.8 Å². The first-order valence-corrected chi connectivity index (χ1v) is 11.9. The van der Waals surface area contributed by atoms with E-state index >= 15 is 0 Å². The summed E-state index contributed by atoms with van der Waals surface area (Å²) in [4.78, 5) is 47.6. The first kappa shape index (κ1) is 25.0. The van der Waals surface area contributed by atoms with Crippen LogP contribution in [-0.4, -0.2) is 71.6 Å². The van der Waals surface area contributed by atoms with E-state index in [1.54, 1.807) is 29.2 Å². The van der Waals surface area contributed by atoms with Crippen molar-refractivity contribution in [2.24, 2.45) is 5.16 Å². The summed E-state index contributed by atoms with van der Waals surface area (Å²) in [5, 5.41) is 22.0. The predicted octanol–water partition coefficient (Wildman–Crippen LogP) is -2.34. The second-order valence-electron chi connectivity index (χ2n) is 7.43. The number of nitrogen functional groups attached to an aromatic ring is 1. The van der Waals surface area contributed by atoms with E-state index in [1.165, 1.54) is 18.9 Å². The molecule has 14 nitrogen and oxygen atoms in total. The lowest BCUT2D eigenvalue weighted by Crippen LogP contribution is -2.71. The molecule has 0 bridgehead atoms. The van der Waals surface area contributed by atoms with E-state index in [2.05, 4.69) is 24.9 Å². The zero-order valence-corrected chi connectivity index (χ0v) is 20.1. The molecule has 1 saturated heterocycles. The number of hydrogen-bond acceptors (Lipinski definition) is 12. The molecule has 5 heterocycles. The van der Waals surface area contributed by atoms with Crippen LogP contribution in [0.15, 0.2) is 47.1 Å². The Hall–Kier alpha value is -4.12. The third kappa shape index (κ3) is 4.22. The summed E-state index contributed by atoms with van der Waals surface area (Å²) >= 11 is 2.21. The molecule has 5 rings (SSSR count). The summed E-state index contributed by atoms with van der Waals surface area (Å²) in [5.74, 6) is -2.53. The highest BCUT2D eigenvalue weighted by molar-refractivity contribution is 8.00. The molecule has 2 amide bonds. The van der Waals surface area contributed by atoms with Crippen LogP contribution in [0, 0.1) is 0 Å². The molecule has 0 aliphatic carbocycles. The highest BCUT2D eigenvalue weighted by Gasteiger charge is 2.53. The first-order valence-electron chi connectivity index (χ1n) is 10.1. The van der Waals surface area contributed by atoms with Crippen molar-refractivity contribution in [3.8, 4) is 0 Å². The zero-order valence-electron chi connectivity index (χ0n) is 18.4. The number of oxime groups is 1. The molecular weight excluding hydrogens is 517 g/mol. The molecule has 2 aliphatic heterocycles. The SMILES string of the molecule is CO/N=C(\C(=O)N[C@@H]1C(=O)N2C(C(=O)[O-])=C(C[n+]3ccn4ncccc43)CS[C@H]12)c1nsc(N)n1.F. The molecule has 2 aliphatic rings. The van der Waals surface area contributed by atoms with Crippen molar-refractivity contribution in [2.45, 2.75) is 18.0 Å². The summed E-state index contributed by atoms with van der Waals surface area (Å²) < 4.78 is 7.43. The molecule has 0 unspecified atom stereocenters. The second-order valence-corrected chi connectivity index (χ2v) is 9.32. The smallest absolute Gasteiger partial charge is 0.307 e. The van der Waals surface area contributed by atoms with Crippen LogP contribution in [0.5, 0.6) is 0 Å². The van der Waals surface area contributed by atoms with Crippen LogP contribution in [0.25, 0.3) is 5.65 Å². The predicted molar refractivity (Wildman–Crippen MR) is 123 cm³/mol. The number of aliphatic carboxylic acids is 1. The van der Waals surface area contributed by atoms with E-state index in [1.807, 2.05) is 10.6 Å². The Balaban J connectivity index is 0.00000304. The van der Waals surface area contributed by atoms with Gasteiger partial charge in [0.1, 0.15) is 31.3 Å². The number of fused-ring (bicyclic) bond motifs is 2. The third-order valence-electron chi connectivity index (χ3n) is 5.38. The van der Waals surface area contributed by atoms with Gasteiger partial charge in [0, 0.05) is 28.9 Å². The largest absolute Gasteiger partial charge is 0.543 e. The van der Waals surface area contributed by atoms with Crippen molar-refractivity contribution in [1.82, 2.24) is 29.2 Å². The topological polar surface area (TPSA) is 184 Å². The molecule has 188 valence electrons. The normalized spacial score (nSPS) is 19.4. The minimum Gasteiger partial charge on any atom is -0.543 e. The lowest BCUT2D eigenvalue weighted by atomic mass is 10.0. The van der Waals surface area contributed by atoms with Crippen molar-refractivity contribution in [1.29, 1.82) is 0 Å². The molecule has 1 fully saturated rings. The number of carboxylic acids is 1. The van der Waals surface area contributed by atoms with E-state index < -0.39 is 29.2 Å². The van der Waals surface area contributed by atoms with Gasteiger partial charge in [0.25, 0.3) is 11.8 Å². The Kier molecular flexibility index (Phi) is 6.84. The van der Waals surface area contributed by atoms with Crippen molar-refractivity contribution in [2.75, 3.05) is 18.6 Å². The molecule has 0 aromatic carbocycles. The van der Waals surface area contributed by atoms with Gasteiger partial charge in [-0.3, -0.25) is 19.2 Å². The molecule has 36 heavy (non-hydrogen) atoms. The first-order chi connectivity index (χ1) is 16.9. The van der Waals surface area contributed by atoms with Gasteiger partial charge >= 0.3 is 5.65 Å². The minimum atomic E-state index is -1.46. The molecule has 3 aromatic rings. The lowest BCUT2D eigenvalue weighted by molar-refractivity contribution is -0.662. The maximum Gasteiger partial charge on any atom is 0.307 e. The van der Waals surface area contributed by atoms with Gasteiger partial charge in [-0.25, -0.2) is 4.57 Å². The number of halogens is 1. The molecular formula is C19H18FN9O5S2.